The molecule has 0 spiro atoms. The average Bonchev–Trinajstić information content (AvgIpc) is 2.69. The Balaban J connectivity index is 1.83. The van der Waals surface area contributed by atoms with Crippen LogP contribution in [0.15, 0.2) is 84.9 Å². The highest BCUT2D eigenvalue weighted by atomic mass is 16.5. The van der Waals surface area contributed by atoms with E-state index in [1.807, 2.05) is 72.8 Å². The Bertz CT molecular complexity index is 772. The zero-order chi connectivity index (χ0) is 17.5. The zero-order valence-electron chi connectivity index (χ0n) is 14.4. The van der Waals surface area contributed by atoms with Crippen LogP contribution in [0.25, 0.3) is 0 Å². The predicted molar refractivity (Wildman–Crippen MR) is 101 cm³/mol. The van der Waals surface area contributed by atoms with E-state index in [-0.39, 0.29) is 0 Å². The fourth-order valence-electron chi connectivity index (χ4n) is 2.94. The molecule has 128 valence electrons. The molecule has 0 saturated carbocycles. The lowest BCUT2D eigenvalue weighted by Gasteiger charge is -2.30. The van der Waals surface area contributed by atoms with Gasteiger partial charge in [0.25, 0.3) is 0 Å². The molecule has 1 atom stereocenters. The van der Waals surface area contributed by atoms with E-state index < -0.39 is 5.60 Å². The number of nitrogens with one attached hydrogen (secondary N) is 1. The predicted octanol–water partition coefficient (Wildman–Crippen LogP) is 3.72. The summed E-state index contributed by atoms with van der Waals surface area (Å²) in [6.45, 7) is 1.12. The molecule has 3 rings (SSSR count). The minimum absolute atomic E-state index is 0.415. The molecule has 0 saturated heterocycles. The number of methoxy groups -OCH3 is 1. The summed E-state index contributed by atoms with van der Waals surface area (Å²) in [6, 6.07) is 27.5. The molecule has 0 amide bonds. The van der Waals surface area contributed by atoms with Gasteiger partial charge in [0.15, 0.2) is 0 Å². The van der Waals surface area contributed by atoms with Gasteiger partial charge in [-0.1, -0.05) is 72.8 Å². The van der Waals surface area contributed by atoms with E-state index in [1.54, 1.807) is 7.11 Å². The molecule has 3 aromatic carbocycles. The van der Waals surface area contributed by atoms with Gasteiger partial charge < -0.3 is 15.2 Å². The van der Waals surface area contributed by atoms with Crippen LogP contribution in [0.2, 0.25) is 0 Å². The number of aliphatic hydroxyl groups is 1. The summed E-state index contributed by atoms with van der Waals surface area (Å²) >= 11 is 0. The van der Waals surface area contributed by atoms with Crippen LogP contribution in [0.5, 0.6) is 5.75 Å². The van der Waals surface area contributed by atoms with Crippen LogP contribution < -0.4 is 10.1 Å². The Morgan fingerprint density at radius 1 is 0.800 bits per heavy atom. The highest BCUT2D eigenvalue weighted by molar-refractivity contribution is 5.39. The van der Waals surface area contributed by atoms with Gasteiger partial charge in [-0.3, -0.25) is 0 Å². The van der Waals surface area contributed by atoms with Gasteiger partial charge in [0.2, 0.25) is 0 Å². The van der Waals surface area contributed by atoms with Crippen molar-refractivity contribution in [3.05, 3.63) is 102 Å². The molecule has 3 nitrogen and oxygen atoms in total. The van der Waals surface area contributed by atoms with Crippen molar-refractivity contribution in [2.24, 2.45) is 0 Å². The molecule has 2 N–H and O–H groups in total. The van der Waals surface area contributed by atoms with Crippen LogP contribution in [0.4, 0.5) is 0 Å². The number of benzene rings is 3. The summed E-state index contributed by atoms with van der Waals surface area (Å²) in [6.07, 6.45) is 0. The van der Waals surface area contributed by atoms with Crippen molar-refractivity contribution in [2.45, 2.75) is 12.1 Å². The Morgan fingerprint density at radius 3 is 1.96 bits per heavy atom. The summed E-state index contributed by atoms with van der Waals surface area (Å²) in [4.78, 5) is 0. The molecular weight excluding hydrogens is 310 g/mol. The third-order valence-corrected chi connectivity index (χ3v) is 4.37. The minimum Gasteiger partial charge on any atom is -0.497 e. The van der Waals surface area contributed by atoms with Gasteiger partial charge in [-0.05, 0) is 28.8 Å². The van der Waals surface area contributed by atoms with Gasteiger partial charge in [-0.25, -0.2) is 0 Å². The van der Waals surface area contributed by atoms with Crippen molar-refractivity contribution in [1.82, 2.24) is 5.32 Å². The first-order chi connectivity index (χ1) is 12.2. The van der Waals surface area contributed by atoms with E-state index in [2.05, 4.69) is 17.4 Å². The topological polar surface area (TPSA) is 41.5 Å². The standard InChI is InChI=1S/C22H23NO2/c1-25-21-14-12-20(13-15-21)22(24,19-10-6-3-7-11-19)17-23-16-18-8-4-2-5-9-18/h2-15,23-24H,16-17H2,1H3/t22-/m1/s1. The van der Waals surface area contributed by atoms with Crippen LogP contribution in [0.3, 0.4) is 0 Å². The molecule has 25 heavy (non-hydrogen) atoms. The summed E-state index contributed by atoms with van der Waals surface area (Å²) in [5, 5.41) is 14.9. The molecule has 0 unspecified atom stereocenters. The molecule has 0 fully saturated rings. The van der Waals surface area contributed by atoms with E-state index in [9.17, 15) is 5.11 Å². The van der Waals surface area contributed by atoms with Crippen LogP contribution >= 0.6 is 0 Å². The van der Waals surface area contributed by atoms with Gasteiger partial charge >= 0.3 is 0 Å². The van der Waals surface area contributed by atoms with Gasteiger partial charge in [-0.15, -0.1) is 0 Å². The second-order valence-corrected chi connectivity index (χ2v) is 6.04. The number of hydrogen-bond acceptors (Lipinski definition) is 3. The van der Waals surface area contributed by atoms with Crippen molar-refractivity contribution in [3.8, 4) is 5.75 Å². The van der Waals surface area contributed by atoms with E-state index in [1.165, 1.54) is 5.56 Å². The lowest BCUT2D eigenvalue weighted by molar-refractivity contribution is 0.0796. The smallest absolute Gasteiger partial charge is 0.127 e. The van der Waals surface area contributed by atoms with Crippen molar-refractivity contribution in [1.29, 1.82) is 0 Å². The molecular formula is C22H23NO2. The van der Waals surface area contributed by atoms with Crippen LogP contribution in [-0.4, -0.2) is 18.8 Å². The largest absolute Gasteiger partial charge is 0.497 e. The Morgan fingerprint density at radius 2 is 1.36 bits per heavy atom. The van der Waals surface area contributed by atoms with E-state index in [0.29, 0.717) is 13.1 Å². The Hall–Kier alpha value is -2.62. The van der Waals surface area contributed by atoms with E-state index in [0.717, 1.165) is 16.9 Å². The molecule has 0 radical (unpaired) electrons. The zero-order valence-corrected chi connectivity index (χ0v) is 14.4. The van der Waals surface area contributed by atoms with E-state index in [4.69, 9.17) is 4.74 Å². The molecule has 0 aromatic heterocycles. The van der Waals surface area contributed by atoms with E-state index >= 15 is 0 Å². The second kappa shape index (κ2) is 7.97. The minimum atomic E-state index is -1.11. The van der Waals surface area contributed by atoms with Gasteiger partial charge in [0.05, 0.1) is 7.11 Å². The third kappa shape index (κ3) is 4.08. The fraction of sp³-hybridized carbons (Fsp3) is 0.182. The third-order valence-electron chi connectivity index (χ3n) is 4.37. The highest BCUT2D eigenvalue weighted by Gasteiger charge is 2.31. The lowest BCUT2D eigenvalue weighted by atomic mass is 9.86. The maximum absolute atomic E-state index is 11.5. The summed E-state index contributed by atoms with van der Waals surface area (Å²) in [5.41, 5.74) is 1.77. The molecule has 0 aliphatic heterocycles. The normalized spacial score (nSPS) is 13.2. The van der Waals surface area contributed by atoms with Gasteiger partial charge in [0.1, 0.15) is 11.4 Å². The van der Waals surface area contributed by atoms with Gasteiger partial charge in [-0.2, -0.15) is 0 Å². The SMILES string of the molecule is COc1ccc([C@@](O)(CNCc2ccccc2)c2ccccc2)cc1. The molecule has 0 heterocycles. The van der Waals surface area contributed by atoms with Crippen molar-refractivity contribution in [3.63, 3.8) is 0 Å². The Kier molecular flexibility index (Phi) is 5.49. The summed E-state index contributed by atoms with van der Waals surface area (Å²) in [7, 11) is 1.64. The number of rotatable bonds is 7. The van der Waals surface area contributed by atoms with Crippen molar-refractivity contribution in [2.75, 3.05) is 13.7 Å². The van der Waals surface area contributed by atoms with Crippen molar-refractivity contribution >= 4 is 0 Å². The first kappa shape index (κ1) is 17.2. The van der Waals surface area contributed by atoms with Crippen LogP contribution in [0.1, 0.15) is 16.7 Å². The lowest BCUT2D eigenvalue weighted by Crippen LogP contribution is -2.39. The molecule has 0 aliphatic carbocycles. The highest BCUT2D eigenvalue weighted by Crippen LogP contribution is 2.30. The molecule has 3 heteroatoms. The first-order valence-corrected chi connectivity index (χ1v) is 8.39. The monoisotopic (exact) mass is 333 g/mol. The maximum atomic E-state index is 11.5. The fourth-order valence-corrected chi connectivity index (χ4v) is 2.94. The summed E-state index contributed by atoms with van der Waals surface area (Å²) in [5.74, 6) is 0.774. The van der Waals surface area contributed by atoms with Crippen LogP contribution in [0, 0.1) is 0 Å². The number of ether oxygens (including phenoxy) is 1. The maximum Gasteiger partial charge on any atom is 0.127 e. The quantitative estimate of drug-likeness (QED) is 0.692. The van der Waals surface area contributed by atoms with Gasteiger partial charge in [0, 0.05) is 13.1 Å². The molecule has 0 bridgehead atoms. The van der Waals surface area contributed by atoms with Crippen molar-refractivity contribution < 1.29 is 9.84 Å². The average molecular weight is 333 g/mol. The second-order valence-electron chi connectivity index (χ2n) is 6.04. The molecule has 0 aliphatic rings. The molecule has 3 aromatic rings. The number of hydrogen-bond donors (Lipinski definition) is 2. The first-order valence-electron chi connectivity index (χ1n) is 8.39. The summed E-state index contributed by atoms with van der Waals surface area (Å²) < 4.78 is 5.23. The van der Waals surface area contributed by atoms with Crippen LogP contribution in [-0.2, 0) is 12.1 Å². The Labute approximate surface area is 148 Å².